The first kappa shape index (κ1) is 13.3. The molecule has 19 heavy (non-hydrogen) atoms. The topological polar surface area (TPSA) is 20.2 Å². The summed E-state index contributed by atoms with van der Waals surface area (Å²) in [5.41, 5.74) is 2.19. The predicted molar refractivity (Wildman–Crippen MR) is 79.1 cm³/mol. The Morgan fingerprint density at radius 1 is 1.32 bits per heavy atom. The van der Waals surface area contributed by atoms with Gasteiger partial charge in [-0.15, -0.1) is 11.3 Å². The van der Waals surface area contributed by atoms with Crippen LogP contribution in [0.1, 0.15) is 33.4 Å². The molecule has 1 aromatic heterocycles. The fourth-order valence-corrected chi connectivity index (χ4v) is 4.18. The quantitative estimate of drug-likeness (QED) is 0.877. The van der Waals surface area contributed by atoms with Crippen molar-refractivity contribution in [3.05, 3.63) is 55.4 Å². The molecule has 100 valence electrons. The van der Waals surface area contributed by atoms with Gasteiger partial charge in [0, 0.05) is 20.6 Å². The van der Waals surface area contributed by atoms with Gasteiger partial charge < -0.3 is 5.11 Å². The summed E-state index contributed by atoms with van der Waals surface area (Å²) >= 11 is 5.10. The van der Waals surface area contributed by atoms with Gasteiger partial charge in [-0.25, -0.2) is 4.39 Å². The number of hydrogen-bond donors (Lipinski definition) is 1. The summed E-state index contributed by atoms with van der Waals surface area (Å²) in [5, 5.41) is 10.3. The maximum atomic E-state index is 13.2. The molecule has 3 rings (SSSR count). The summed E-state index contributed by atoms with van der Waals surface area (Å²) in [6.07, 6.45) is 3.39. The SMILES string of the molecule is OC(Cc1cc(F)ccc1Br)c1cc2c(s1)CCC2. The molecule has 0 saturated heterocycles. The molecule has 1 aliphatic rings. The molecule has 4 heteroatoms. The average molecular weight is 341 g/mol. The van der Waals surface area contributed by atoms with Crippen molar-refractivity contribution in [3.8, 4) is 0 Å². The fourth-order valence-electron chi connectivity index (χ4n) is 2.52. The van der Waals surface area contributed by atoms with Crippen LogP contribution in [0, 0.1) is 5.82 Å². The van der Waals surface area contributed by atoms with E-state index in [-0.39, 0.29) is 5.82 Å². The third-order valence-corrected chi connectivity index (χ3v) is 5.63. The minimum atomic E-state index is -0.547. The molecule has 0 radical (unpaired) electrons. The van der Waals surface area contributed by atoms with Gasteiger partial charge in [0.15, 0.2) is 0 Å². The maximum Gasteiger partial charge on any atom is 0.123 e. The lowest BCUT2D eigenvalue weighted by Crippen LogP contribution is -2.01. The lowest BCUT2D eigenvalue weighted by molar-refractivity contribution is 0.182. The Bertz CT molecular complexity index is 587. The van der Waals surface area contributed by atoms with Gasteiger partial charge in [0.1, 0.15) is 5.82 Å². The third kappa shape index (κ3) is 2.76. The van der Waals surface area contributed by atoms with E-state index in [9.17, 15) is 9.50 Å². The molecule has 1 nitrogen and oxygen atoms in total. The molecule has 1 aliphatic carbocycles. The number of aliphatic hydroxyl groups is 1. The Balaban J connectivity index is 1.80. The molecule has 0 fully saturated rings. The standard InChI is InChI=1S/C15H14BrFOS/c16-12-5-4-11(17)6-10(12)7-13(18)15-8-9-2-1-3-14(9)19-15/h4-6,8,13,18H,1-3,7H2. The van der Waals surface area contributed by atoms with Crippen LogP contribution in [0.5, 0.6) is 0 Å². The number of hydrogen-bond acceptors (Lipinski definition) is 2. The van der Waals surface area contributed by atoms with E-state index in [4.69, 9.17) is 0 Å². The molecule has 2 aromatic rings. The van der Waals surface area contributed by atoms with Gasteiger partial charge in [-0.3, -0.25) is 0 Å². The van der Waals surface area contributed by atoms with E-state index in [2.05, 4.69) is 22.0 Å². The Morgan fingerprint density at radius 2 is 2.16 bits per heavy atom. The van der Waals surface area contributed by atoms with Crippen molar-refractivity contribution in [2.75, 3.05) is 0 Å². The monoisotopic (exact) mass is 340 g/mol. The number of fused-ring (bicyclic) bond motifs is 1. The van der Waals surface area contributed by atoms with Gasteiger partial charge in [-0.05, 0) is 54.7 Å². The Kier molecular flexibility index (Phi) is 3.74. The molecule has 1 heterocycles. The maximum absolute atomic E-state index is 13.2. The van der Waals surface area contributed by atoms with Crippen LogP contribution in [0.25, 0.3) is 0 Å². The van der Waals surface area contributed by atoms with Crippen molar-refractivity contribution in [3.63, 3.8) is 0 Å². The van der Waals surface area contributed by atoms with Crippen molar-refractivity contribution < 1.29 is 9.50 Å². The fraction of sp³-hybridized carbons (Fsp3) is 0.333. The largest absolute Gasteiger partial charge is 0.387 e. The summed E-state index contributed by atoms with van der Waals surface area (Å²) in [6.45, 7) is 0. The predicted octanol–water partition coefficient (Wildman–Crippen LogP) is 4.41. The average Bonchev–Trinajstić information content (AvgIpc) is 2.94. The molecule has 0 bridgehead atoms. The van der Waals surface area contributed by atoms with E-state index in [0.29, 0.717) is 6.42 Å². The van der Waals surface area contributed by atoms with Gasteiger partial charge >= 0.3 is 0 Å². The first-order valence-corrected chi connectivity index (χ1v) is 7.98. The van der Waals surface area contributed by atoms with Gasteiger partial charge in [0.2, 0.25) is 0 Å². The highest BCUT2D eigenvalue weighted by Gasteiger charge is 2.19. The lowest BCUT2D eigenvalue weighted by atomic mass is 10.1. The number of benzene rings is 1. The lowest BCUT2D eigenvalue weighted by Gasteiger charge is -2.10. The number of rotatable bonds is 3. The highest BCUT2D eigenvalue weighted by Crippen LogP contribution is 2.35. The molecule has 1 N–H and O–H groups in total. The summed E-state index contributed by atoms with van der Waals surface area (Å²) < 4.78 is 14.1. The normalized spacial score (nSPS) is 15.5. The Morgan fingerprint density at radius 3 is 2.95 bits per heavy atom. The Hall–Kier alpha value is -0.710. The zero-order valence-corrected chi connectivity index (χ0v) is 12.7. The van der Waals surface area contributed by atoms with E-state index in [1.54, 1.807) is 17.4 Å². The minimum Gasteiger partial charge on any atom is -0.387 e. The summed E-state index contributed by atoms with van der Waals surface area (Å²) in [7, 11) is 0. The van der Waals surface area contributed by atoms with Crippen LogP contribution in [-0.2, 0) is 19.3 Å². The van der Waals surface area contributed by atoms with Crippen LogP contribution in [0.3, 0.4) is 0 Å². The first-order valence-electron chi connectivity index (χ1n) is 6.37. The highest BCUT2D eigenvalue weighted by molar-refractivity contribution is 9.10. The summed E-state index contributed by atoms with van der Waals surface area (Å²) in [5.74, 6) is -0.265. The van der Waals surface area contributed by atoms with E-state index in [0.717, 1.165) is 27.8 Å². The Labute approximate surface area is 124 Å². The van der Waals surface area contributed by atoms with E-state index in [1.807, 2.05) is 0 Å². The molecular formula is C15H14BrFOS. The zero-order chi connectivity index (χ0) is 13.4. The minimum absolute atomic E-state index is 0.265. The van der Waals surface area contributed by atoms with E-state index >= 15 is 0 Å². The summed E-state index contributed by atoms with van der Waals surface area (Å²) in [4.78, 5) is 2.41. The second kappa shape index (κ2) is 5.35. The van der Waals surface area contributed by atoms with Crippen molar-refractivity contribution in [1.82, 2.24) is 0 Å². The van der Waals surface area contributed by atoms with Gasteiger partial charge in [0.25, 0.3) is 0 Å². The van der Waals surface area contributed by atoms with Crippen molar-refractivity contribution in [2.45, 2.75) is 31.8 Å². The third-order valence-electron chi connectivity index (χ3n) is 3.52. The molecular weight excluding hydrogens is 327 g/mol. The van der Waals surface area contributed by atoms with E-state index < -0.39 is 6.10 Å². The summed E-state index contributed by atoms with van der Waals surface area (Å²) in [6, 6.07) is 6.70. The van der Waals surface area contributed by atoms with E-state index in [1.165, 1.54) is 29.0 Å². The van der Waals surface area contributed by atoms with Crippen LogP contribution in [0.4, 0.5) is 4.39 Å². The molecule has 0 saturated carbocycles. The van der Waals surface area contributed by atoms with Gasteiger partial charge in [0.05, 0.1) is 6.10 Å². The van der Waals surface area contributed by atoms with Crippen LogP contribution >= 0.6 is 27.3 Å². The van der Waals surface area contributed by atoms with Crippen LogP contribution in [0.2, 0.25) is 0 Å². The molecule has 1 atom stereocenters. The van der Waals surface area contributed by atoms with Crippen molar-refractivity contribution >= 4 is 27.3 Å². The van der Waals surface area contributed by atoms with Crippen molar-refractivity contribution in [1.29, 1.82) is 0 Å². The number of aryl methyl sites for hydroxylation is 2. The first-order chi connectivity index (χ1) is 9.13. The zero-order valence-electron chi connectivity index (χ0n) is 10.3. The van der Waals surface area contributed by atoms with Crippen LogP contribution in [-0.4, -0.2) is 5.11 Å². The number of aliphatic hydroxyl groups excluding tert-OH is 1. The van der Waals surface area contributed by atoms with Crippen LogP contribution in [0.15, 0.2) is 28.7 Å². The molecule has 1 unspecified atom stereocenters. The number of halogens is 2. The second-order valence-electron chi connectivity index (χ2n) is 4.91. The number of thiophene rings is 1. The second-order valence-corrected chi connectivity index (χ2v) is 6.93. The van der Waals surface area contributed by atoms with Gasteiger partial charge in [-0.1, -0.05) is 15.9 Å². The molecule has 0 aliphatic heterocycles. The van der Waals surface area contributed by atoms with Gasteiger partial charge in [-0.2, -0.15) is 0 Å². The molecule has 0 amide bonds. The molecule has 1 aromatic carbocycles. The van der Waals surface area contributed by atoms with Crippen molar-refractivity contribution in [2.24, 2.45) is 0 Å². The molecule has 0 spiro atoms. The van der Waals surface area contributed by atoms with Crippen LogP contribution < -0.4 is 0 Å². The highest BCUT2D eigenvalue weighted by atomic mass is 79.9. The smallest absolute Gasteiger partial charge is 0.123 e.